The van der Waals surface area contributed by atoms with Crippen molar-refractivity contribution in [2.24, 2.45) is 0 Å². The van der Waals surface area contributed by atoms with Gasteiger partial charge in [-0.3, -0.25) is 4.90 Å². The molecule has 3 nitrogen and oxygen atoms in total. The van der Waals surface area contributed by atoms with Crippen molar-refractivity contribution in [1.29, 1.82) is 0 Å². The Hall–Kier alpha value is 0.150. The second kappa shape index (κ2) is 9.15. The number of aliphatic hydroxyl groups excluding tert-OH is 1. The van der Waals surface area contributed by atoms with Crippen LogP contribution >= 0.6 is 39.6 Å². The molecular formula is C14H21BrINO2. The van der Waals surface area contributed by atoms with Crippen LogP contribution in [0.15, 0.2) is 24.3 Å². The number of para-hydroxylation sites is 1. The first-order valence-corrected chi connectivity index (χ1v) is 7.62. The number of hydrogen-bond donors (Lipinski definition) is 1. The van der Waals surface area contributed by atoms with Gasteiger partial charge < -0.3 is 9.84 Å². The molecule has 19 heavy (non-hydrogen) atoms. The van der Waals surface area contributed by atoms with Gasteiger partial charge in [-0.15, -0.1) is 17.0 Å². The number of aliphatic hydroxyl groups is 1. The molecule has 108 valence electrons. The van der Waals surface area contributed by atoms with Gasteiger partial charge in [-0.1, -0.05) is 12.1 Å². The SMILES string of the molecule is Br.OCC[C@@H](CN1CCCC1)Oc1ccccc1I. The Morgan fingerprint density at radius 2 is 1.95 bits per heavy atom. The summed E-state index contributed by atoms with van der Waals surface area (Å²) in [6.07, 6.45) is 3.36. The Labute approximate surface area is 139 Å². The highest BCUT2D eigenvalue weighted by molar-refractivity contribution is 14.1. The third-order valence-electron chi connectivity index (χ3n) is 3.24. The first kappa shape index (κ1) is 17.2. The molecule has 1 aromatic carbocycles. The lowest BCUT2D eigenvalue weighted by Gasteiger charge is -2.24. The van der Waals surface area contributed by atoms with E-state index in [9.17, 15) is 0 Å². The average molecular weight is 442 g/mol. The minimum Gasteiger partial charge on any atom is -0.488 e. The maximum Gasteiger partial charge on any atom is 0.133 e. The van der Waals surface area contributed by atoms with Crippen molar-refractivity contribution in [2.75, 3.05) is 26.2 Å². The van der Waals surface area contributed by atoms with Crippen molar-refractivity contribution in [2.45, 2.75) is 25.4 Å². The molecule has 1 aliphatic rings. The minimum absolute atomic E-state index is 0. The Kier molecular flexibility index (Phi) is 8.29. The summed E-state index contributed by atoms with van der Waals surface area (Å²) in [5, 5.41) is 9.16. The summed E-state index contributed by atoms with van der Waals surface area (Å²) in [5.74, 6) is 0.927. The maximum atomic E-state index is 9.16. The molecule has 0 aliphatic carbocycles. The van der Waals surface area contributed by atoms with Gasteiger partial charge in [-0.25, -0.2) is 0 Å². The number of likely N-dealkylation sites (tertiary alicyclic amines) is 1. The van der Waals surface area contributed by atoms with Gasteiger partial charge >= 0.3 is 0 Å². The van der Waals surface area contributed by atoms with Gasteiger partial charge in [0.05, 0.1) is 3.57 Å². The second-order valence-electron chi connectivity index (χ2n) is 4.69. The fourth-order valence-corrected chi connectivity index (χ4v) is 2.82. The molecule has 0 bridgehead atoms. The van der Waals surface area contributed by atoms with Crippen LogP contribution in [0.2, 0.25) is 0 Å². The van der Waals surface area contributed by atoms with Gasteiger partial charge in [0.25, 0.3) is 0 Å². The first-order valence-electron chi connectivity index (χ1n) is 6.54. The smallest absolute Gasteiger partial charge is 0.133 e. The van der Waals surface area contributed by atoms with E-state index in [1.807, 2.05) is 24.3 Å². The zero-order valence-electron chi connectivity index (χ0n) is 10.9. The van der Waals surface area contributed by atoms with Crippen LogP contribution < -0.4 is 4.74 Å². The molecule has 0 aromatic heterocycles. The molecule has 0 unspecified atom stereocenters. The lowest BCUT2D eigenvalue weighted by molar-refractivity contribution is 0.115. The summed E-state index contributed by atoms with van der Waals surface area (Å²) in [6.45, 7) is 3.43. The zero-order valence-corrected chi connectivity index (χ0v) is 14.8. The van der Waals surface area contributed by atoms with Gasteiger partial charge in [0.15, 0.2) is 0 Å². The first-order chi connectivity index (χ1) is 8.79. The summed E-state index contributed by atoms with van der Waals surface area (Å²) in [5.41, 5.74) is 0. The lowest BCUT2D eigenvalue weighted by atomic mass is 10.2. The van der Waals surface area contributed by atoms with Crippen LogP contribution in [0.3, 0.4) is 0 Å². The fraction of sp³-hybridized carbons (Fsp3) is 0.571. The summed E-state index contributed by atoms with van der Waals surface area (Å²) < 4.78 is 7.16. The number of hydrogen-bond acceptors (Lipinski definition) is 3. The Bertz CT molecular complexity index is 372. The van der Waals surface area contributed by atoms with Crippen molar-refractivity contribution >= 4 is 39.6 Å². The molecule has 1 N–H and O–H groups in total. The predicted octanol–water partition coefficient (Wildman–Crippen LogP) is 3.09. The van der Waals surface area contributed by atoms with E-state index in [4.69, 9.17) is 9.84 Å². The van der Waals surface area contributed by atoms with Crippen molar-refractivity contribution in [3.8, 4) is 5.75 Å². The van der Waals surface area contributed by atoms with E-state index in [1.165, 1.54) is 12.8 Å². The third kappa shape index (κ3) is 5.57. The van der Waals surface area contributed by atoms with Crippen molar-refractivity contribution < 1.29 is 9.84 Å². The van der Waals surface area contributed by atoms with E-state index in [2.05, 4.69) is 27.5 Å². The number of rotatable bonds is 6. The maximum absolute atomic E-state index is 9.16. The van der Waals surface area contributed by atoms with Gasteiger partial charge in [0, 0.05) is 19.6 Å². The number of benzene rings is 1. The summed E-state index contributed by atoms with van der Waals surface area (Å²) in [6, 6.07) is 8.04. The Balaban J connectivity index is 0.00000180. The van der Waals surface area contributed by atoms with Crippen molar-refractivity contribution in [3.63, 3.8) is 0 Å². The fourth-order valence-electron chi connectivity index (χ4n) is 2.30. The van der Waals surface area contributed by atoms with Gasteiger partial charge in [-0.2, -0.15) is 0 Å². The van der Waals surface area contributed by atoms with E-state index < -0.39 is 0 Å². The molecule has 1 heterocycles. The highest BCUT2D eigenvalue weighted by atomic mass is 127. The molecule has 1 aliphatic heterocycles. The number of ether oxygens (including phenoxy) is 1. The van der Waals surface area contributed by atoms with Crippen LogP contribution in [-0.2, 0) is 0 Å². The summed E-state index contributed by atoms with van der Waals surface area (Å²) in [7, 11) is 0. The lowest BCUT2D eigenvalue weighted by Crippen LogP contribution is -2.34. The molecule has 1 aromatic rings. The number of halogens is 2. The van der Waals surface area contributed by atoms with E-state index in [0.29, 0.717) is 6.42 Å². The Morgan fingerprint density at radius 1 is 1.26 bits per heavy atom. The zero-order chi connectivity index (χ0) is 12.8. The molecule has 5 heteroatoms. The molecule has 1 saturated heterocycles. The minimum atomic E-state index is 0. The average Bonchev–Trinajstić information content (AvgIpc) is 2.85. The van der Waals surface area contributed by atoms with Crippen molar-refractivity contribution in [3.05, 3.63) is 27.8 Å². The molecule has 0 radical (unpaired) electrons. The molecule has 1 atom stereocenters. The van der Waals surface area contributed by atoms with Gasteiger partial charge in [0.1, 0.15) is 11.9 Å². The molecule has 2 rings (SSSR count). The standard InChI is InChI=1S/C14H20INO2.BrH/c15-13-5-1-2-6-14(13)18-12(7-10-17)11-16-8-3-4-9-16;/h1-2,5-6,12,17H,3-4,7-11H2;1H/t12-;/m0./s1. The van der Waals surface area contributed by atoms with Crippen LogP contribution in [0, 0.1) is 3.57 Å². The number of nitrogens with zero attached hydrogens (tertiary/aromatic N) is 1. The molecule has 1 fully saturated rings. The van der Waals surface area contributed by atoms with Gasteiger partial charge in [-0.05, 0) is 60.7 Å². The normalized spacial score (nSPS) is 16.9. The molecular weight excluding hydrogens is 421 g/mol. The summed E-state index contributed by atoms with van der Waals surface area (Å²) in [4.78, 5) is 2.43. The molecule has 0 saturated carbocycles. The predicted molar refractivity (Wildman–Crippen MR) is 91.3 cm³/mol. The van der Waals surface area contributed by atoms with Crippen molar-refractivity contribution in [1.82, 2.24) is 4.90 Å². The molecule has 0 amide bonds. The van der Waals surface area contributed by atoms with E-state index >= 15 is 0 Å². The van der Waals surface area contributed by atoms with Crippen LogP contribution in [0.4, 0.5) is 0 Å². The summed E-state index contributed by atoms with van der Waals surface area (Å²) >= 11 is 2.29. The van der Waals surface area contributed by atoms with Gasteiger partial charge in [0.2, 0.25) is 0 Å². The van der Waals surface area contributed by atoms with Crippen LogP contribution in [0.1, 0.15) is 19.3 Å². The monoisotopic (exact) mass is 441 g/mol. The third-order valence-corrected chi connectivity index (χ3v) is 4.13. The molecule has 0 spiro atoms. The van der Waals surface area contributed by atoms with E-state index in [1.54, 1.807) is 0 Å². The topological polar surface area (TPSA) is 32.7 Å². The largest absolute Gasteiger partial charge is 0.488 e. The van der Waals surface area contributed by atoms with Crippen LogP contribution in [0.5, 0.6) is 5.75 Å². The highest BCUT2D eigenvalue weighted by Gasteiger charge is 2.19. The van der Waals surface area contributed by atoms with Crippen LogP contribution in [0.25, 0.3) is 0 Å². The van der Waals surface area contributed by atoms with E-state index in [-0.39, 0.29) is 29.7 Å². The highest BCUT2D eigenvalue weighted by Crippen LogP contribution is 2.22. The van der Waals surface area contributed by atoms with E-state index in [0.717, 1.165) is 29.0 Å². The Morgan fingerprint density at radius 3 is 2.58 bits per heavy atom. The second-order valence-corrected chi connectivity index (χ2v) is 5.85. The quantitative estimate of drug-likeness (QED) is 0.688. The van der Waals surface area contributed by atoms with Crippen LogP contribution in [-0.4, -0.2) is 42.4 Å².